The Labute approximate surface area is 126 Å². The fourth-order valence-corrected chi connectivity index (χ4v) is 3.73. The summed E-state index contributed by atoms with van der Waals surface area (Å²) in [6, 6.07) is 2.03. The Morgan fingerprint density at radius 3 is 2.90 bits per heavy atom. The van der Waals surface area contributed by atoms with E-state index in [2.05, 4.69) is 25.8 Å². The topological polar surface area (TPSA) is 60.9 Å². The Bertz CT molecular complexity index is 868. The molecule has 0 atom stereocenters. The Balaban J connectivity index is 1.94. The summed E-state index contributed by atoms with van der Waals surface area (Å²) in [7, 11) is 1.81. The number of hydrogen-bond acceptors (Lipinski definition) is 6. The first-order chi connectivity index (χ1) is 9.74. The molecule has 4 aromatic heterocycles. The first-order valence-corrected chi connectivity index (χ1v) is 7.80. The number of nitrogens with zero attached hydrogens (tertiary/aromatic N) is 6. The number of thiophene rings is 1. The molecule has 9 heteroatoms. The molecule has 6 nitrogen and oxygen atoms in total. The predicted molar refractivity (Wildman–Crippen MR) is 79.2 cm³/mol. The predicted octanol–water partition coefficient (Wildman–Crippen LogP) is 2.97. The van der Waals surface area contributed by atoms with Gasteiger partial charge in [0.1, 0.15) is 10.7 Å². The number of halogens is 1. The second kappa shape index (κ2) is 4.37. The standard InChI is InChI=1S/C11H7ClN6S2/c1-17-8(7(12)4-13-17)9-14-15-11-18(9)16-10(20-11)6-2-3-19-5-6/h2-5H,1H3. The zero-order chi connectivity index (χ0) is 13.7. The average molecular weight is 323 g/mol. The van der Waals surface area contributed by atoms with E-state index in [9.17, 15) is 0 Å². The lowest BCUT2D eigenvalue weighted by Crippen LogP contribution is -1.98. The molecule has 4 aromatic rings. The fraction of sp³-hybridized carbons (Fsp3) is 0.0909. The van der Waals surface area contributed by atoms with E-state index in [1.54, 1.807) is 26.7 Å². The number of hydrogen-bond donors (Lipinski definition) is 0. The van der Waals surface area contributed by atoms with Crippen molar-refractivity contribution in [2.45, 2.75) is 0 Å². The van der Waals surface area contributed by atoms with Crippen molar-refractivity contribution >= 4 is 39.2 Å². The second-order valence-corrected chi connectivity index (χ2v) is 6.25. The molecule has 0 aromatic carbocycles. The van der Waals surface area contributed by atoms with Crippen LogP contribution in [0.1, 0.15) is 0 Å². The normalized spacial score (nSPS) is 11.5. The van der Waals surface area contributed by atoms with Crippen LogP contribution in [0.2, 0.25) is 5.02 Å². The van der Waals surface area contributed by atoms with Crippen molar-refractivity contribution < 1.29 is 0 Å². The van der Waals surface area contributed by atoms with Crippen LogP contribution in [0.15, 0.2) is 23.0 Å². The van der Waals surface area contributed by atoms with E-state index in [1.165, 1.54) is 11.3 Å². The average Bonchev–Trinajstić information content (AvgIpc) is 3.14. The third-order valence-corrected chi connectivity index (χ3v) is 4.77. The van der Waals surface area contributed by atoms with Gasteiger partial charge >= 0.3 is 0 Å². The van der Waals surface area contributed by atoms with Gasteiger partial charge in [-0.3, -0.25) is 4.68 Å². The fourth-order valence-electron chi connectivity index (χ4n) is 1.93. The minimum Gasteiger partial charge on any atom is -0.263 e. The zero-order valence-corrected chi connectivity index (χ0v) is 12.6. The molecule has 0 unspecified atom stereocenters. The van der Waals surface area contributed by atoms with E-state index in [0.29, 0.717) is 16.5 Å². The molecule has 0 bridgehead atoms. The summed E-state index contributed by atoms with van der Waals surface area (Å²) >= 11 is 9.29. The number of rotatable bonds is 2. The Morgan fingerprint density at radius 1 is 1.30 bits per heavy atom. The van der Waals surface area contributed by atoms with Crippen molar-refractivity contribution in [1.82, 2.24) is 29.6 Å². The number of aromatic nitrogens is 6. The molecule has 0 fully saturated rings. The van der Waals surface area contributed by atoms with Crippen LogP contribution in [0, 0.1) is 0 Å². The minimum absolute atomic E-state index is 0.534. The third kappa shape index (κ3) is 1.69. The molecule has 0 N–H and O–H groups in total. The lowest BCUT2D eigenvalue weighted by atomic mass is 10.4. The molecule has 0 aliphatic carbocycles. The van der Waals surface area contributed by atoms with Crippen LogP contribution in [0.3, 0.4) is 0 Å². The monoisotopic (exact) mass is 322 g/mol. The Morgan fingerprint density at radius 2 is 2.20 bits per heavy atom. The van der Waals surface area contributed by atoms with Crippen molar-refractivity contribution in [3.05, 3.63) is 28.0 Å². The summed E-state index contributed by atoms with van der Waals surface area (Å²) in [4.78, 5) is 0.735. The smallest absolute Gasteiger partial charge is 0.235 e. The molecule has 0 spiro atoms. The molecule has 0 radical (unpaired) electrons. The van der Waals surface area contributed by atoms with Gasteiger partial charge in [-0.2, -0.15) is 26.0 Å². The molecule has 0 amide bonds. The largest absolute Gasteiger partial charge is 0.263 e. The van der Waals surface area contributed by atoms with Crippen molar-refractivity contribution in [3.63, 3.8) is 0 Å². The highest BCUT2D eigenvalue weighted by Gasteiger charge is 2.19. The highest BCUT2D eigenvalue weighted by molar-refractivity contribution is 7.20. The van der Waals surface area contributed by atoms with Gasteiger partial charge in [-0.05, 0) is 11.4 Å². The van der Waals surface area contributed by atoms with Crippen LogP contribution in [-0.4, -0.2) is 29.6 Å². The third-order valence-electron chi connectivity index (χ3n) is 2.86. The summed E-state index contributed by atoms with van der Waals surface area (Å²) < 4.78 is 3.38. The molecule has 4 rings (SSSR count). The lowest BCUT2D eigenvalue weighted by molar-refractivity contribution is 0.764. The highest BCUT2D eigenvalue weighted by Crippen LogP contribution is 2.31. The van der Waals surface area contributed by atoms with E-state index >= 15 is 0 Å². The summed E-state index contributed by atoms with van der Waals surface area (Å²) in [6.45, 7) is 0. The van der Waals surface area contributed by atoms with E-state index in [-0.39, 0.29) is 0 Å². The maximum Gasteiger partial charge on any atom is 0.235 e. The van der Waals surface area contributed by atoms with Gasteiger partial charge in [0, 0.05) is 18.0 Å². The van der Waals surface area contributed by atoms with Gasteiger partial charge in [0.2, 0.25) is 10.8 Å². The van der Waals surface area contributed by atoms with Gasteiger partial charge in [-0.25, -0.2) is 0 Å². The van der Waals surface area contributed by atoms with Crippen LogP contribution in [0.5, 0.6) is 0 Å². The first-order valence-electron chi connectivity index (χ1n) is 5.67. The van der Waals surface area contributed by atoms with Gasteiger partial charge in [0.25, 0.3) is 0 Å². The maximum absolute atomic E-state index is 6.16. The van der Waals surface area contributed by atoms with Crippen molar-refractivity contribution in [2.24, 2.45) is 7.05 Å². The van der Waals surface area contributed by atoms with Crippen LogP contribution in [0.4, 0.5) is 0 Å². The van der Waals surface area contributed by atoms with Gasteiger partial charge in [-0.15, -0.1) is 10.2 Å². The first kappa shape index (κ1) is 12.0. The molecule has 0 aliphatic heterocycles. The summed E-state index contributed by atoms with van der Waals surface area (Å²) in [5.41, 5.74) is 1.80. The van der Waals surface area contributed by atoms with Gasteiger partial charge in [0.05, 0.1) is 11.2 Å². The molecule has 100 valence electrons. The maximum atomic E-state index is 6.16. The van der Waals surface area contributed by atoms with Gasteiger partial charge < -0.3 is 0 Å². The summed E-state index contributed by atoms with van der Waals surface area (Å²) in [5, 5.41) is 22.5. The highest BCUT2D eigenvalue weighted by atomic mass is 35.5. The van der Waals surface area contributed by atoms with E-state index < -0.39 is 0 Å². The van der Waals surface area contributed by atoms with Crippen molar-refractivity contribution in [3.8, 4) is 22.1 Å². The minimum atomic E-state index is 0.534. The quantitative estimate of drug-likeness (QED) is 0.569. The Hall–Kier alpha value is -1.77. The summed E-state index contributed by atoms with van der Waals surface area (Å²) in [6.07, 6.45) is 1.59. The van der Waals surface area contributed by atoms with E-state index in [4.69, 9.17) is 11.6 Å². The number of aryl methyl sites for hydroxylation is 1. The molecule has 0 saturated heterocycles. The molecular weight excluding hydrogens is 316 g/mol. The van der Waals surface area contributed by atoms with Crippen LogP contribution in [-0.2, 0) is 7.05 Å². The number of fused-ring (bicyclic) bond motifs is 1. The van der Waals surface area contributed by atoms with E-state index in [1.807, 2.05) is 18.5 Å². The lowest BCUT2D eigenvalue weighted by Gasteiger charge is -1.98. The van der Waals surface area contributed by atoms with Crippen LogP contribution < -0.4 is 0 Å². The zero-order valence-electron chi connectivity index (χ0n) is 10.2. The van der Waals surface area contributed by atoms with Crippen molar-refractivity contribution in [1.29, 1.82) is 0 Å². The molecule has 20 heavy (non-hydrogen) atoms. The van der Waals surface area contributed by atoms with Crippen LogP contribution in [0.25, 0.3) is 27.1 Å². The summed E-state index contributed by atoms with van der Waals surface area (Å²) in [5.74, 6) is 0.600. The van der Waals surface area contributed by atoms with E-state index in [0.717, 1.165) is 15.5 Å². The van der Waals surface area contributed by atoms with Gasteiger partial charge in [0.15, 0.2) is 0 Å². The SMILES string of the molecule is Cn1ncc(Cl)c1-c1nnc2sc(-c3ccsc3)nn12. The molecule has 0 aliphatic rings. The molecular formula is C11H7ClN6S2. The molecule has 0 saturated carbocycles. The van der Waals surface area contributed by atoms with Crippen molar-refractivity contribution in [2.75, 3.05) is 0 Å². The molecule has 4 heterocycles. The Kier molecular flexibility index (Phi) is 2.62. The van der Waals surface area contributed by atoms with Gasteiger partial charge in [-0.1, -0.05) is 22.9 Å². The second-order valence-electron chi connectivity index (χ2n) is 4.10. The van der Waals surface area contributed by atoms with Crippen LogP contribution >= 0.6 is 34.3 Å².